The SMILES string of the molecule is CCCOc1c(Cl)ccc2cccnc12. The van der Waals surface area contributed by atoms with E-state index in [4.69, 9.17) is 16.3 Å². The Morgan fingerprint density at radius 1 is 1.33 bits per heavy atom. The van der Waals surface area contributed by atoms with Crippen molar-refractivity contribution in [1.29, 1.82) is 0 Å². The smallest absolute Gasteiger partial charge is 0.164 e. The zero-order valence-corrected chi connectivity index (χ0v) is 9.29. The summed E-state index contributed by atoms with van der Waals surface area (Å²) in [5.74, 6) is 0.691. The first-order chi connectivity index (χ1) is 7.33. The fourth-order valence-electron chi connectivity index (χ4n) is 1.44. The second kappa shape index (κ2) is 4.49. The highest BCUT2D eigenvalue weighted by Crippen LogP contribution is 2.31. The van der Waals surface area contributed by atoms with Gasteiger partial charge in [0.2, 0.25) is 0 Å². The van der Waals surface area contributed by atoms with Crippen LogP contribution < -0.4 is 4.74 Å². The standard InChI is InChI=1S/C12H12ClNO/c1-2-8-15-12-10(13)6-5-9-4-3-7-14-11(9)12/h3-7H,2,8H2,1H3. The van der Waals surface area contributed by atoms with Gasteiger partial charge in [0.15, 0.2) is 5.75 Å². The predicted octanol–water partition coefficient (Wildman–Crippen LogP) is 3.68. The van der Waals surface area contributed by atoms with Crippen molar-refractivity contribution in [3.63, 3.8) is 0 Å². The Kier molecular flexibility index (Phi) is 3.07. The second-order valence-corrected chi connectivity index (χ2v) is 3.71. The van der Waals surface area contributed by atoms with Crippen molar-refractivity contribution in [2.45, 2.75) is 13.3 Å². The first-order valence-corrected chi connectivity index (χ1v) is 5.36. The maximum atomic E-state index is 6.07. The largest absolute Gasteiger partial charge is 0.490 e. The number of hydrogen-bond acceptors (Lipinski definition) is 2. The molecule has 0 radical (unpaired) electrons. The molecule has 1 heterocycles. The van der Waals surface area contributed by atoms with Crippen LogP contribution in [0.4, 0.5) is 0 Å². The second-order valence-electron chi connectivity index (χ2n) is 3.30. The van der Waals surface area contributed by atoms with Crippen LogP contribution in [0.15, 0.2) is 30.5 Å². The molecule has 0 fully saturated rings. The molecule has 2 nitrogen and oxygen atoms in total. The fourth-order valence-corrected chi connectivity index (χ4v) is 1.64. The Hall–Kier alpha value is -1.28. The quantitative estimate of drug-likeness (QED) is 0.789. The van der Waals surface area contributed by atoms with Crippen molar-refractivity contribution in [3.8, 4) is 5.75 Å². The zero-order chi connectivity index (χ0) is 10.7. The molecule has 78 valence electrons. The number of rotatable bonds is 3. The summed E-state index contributed by atoms with van der Waals surface area (Å²) < 4.78 is 5.60. The van der Waals surface area contributed by atoms with Crippen molar-refractivity contribution in [2.24, 2.45) is 0 Å². The lowest BCUT2D eigenvalue weighted by atomic mass is 10.2. The molecular formula is C12H12ClNO. The van der Waals surface area contributed by atoms with Gasteiger partial charge in [-0.25, -0.2) is 0 Å². The van der Waals surface area contributed by atoms with Crippen LogP contribution in [-0.4, -0.2) is 11.6 Å². The molecule has 0 aliphatic rings. The predicted molar refractivity (Wildman–Crippen MR) is 62.5 cm³/mol. The normalized spacial score (nSPS) is 10.5. The number of halogens is 1. The number of aromatic nitrogens is 1. The summed E-state index contributed by atoms with van der Waals surface area (Å²) in [6.07, 6.45) is 2.71. The van der Waals surface area contributed by atoms with E-state index in [1.165, 1.54) is 0 Å². The van der Waals surface area contributed by atoms with Gasteiger partial charge >= 0.3 is 0 Å². The van der Waals surface area contributed by atoms with Gasteiger partial charge in [-0.15, -0.1) is 0 Å². The maximum absolute atomic E-state index is 6.07. The molecule has 0 amide bonds. The van der Waals surface area contributed by atoms with Gasteiger partial charge in [0, 0.05) is 11.6 Å². The monoisotopic (exact) mass is 221 g/mol. The molecule has 0 saturated carbocycles. The maximum Gasteiger partial charge on any atom is 0.164 e. The van der Waals surface area contributed by atoms with Crippen molar-refractivity contribution in [3.05, 3.63) is 35.5 Å². The van der Waals surface area contributed by atoms with Crippen LogP contribution in [0.2, 0.25) is 5.02 Å². The lowest BCUT2D eigenvalue weighted by Crippen LogP contribution is -1.97. The molecule has 0 saturated heterocycles. The highest BCUT2D eigenvalue weighted by atomic mass is 35.5. The Morgan fingerprint density at radius 3 is 3.00 bits per heavy atom. The molecule has 3 heteroatoms. The molecule has 0 bridgehead atoms. The van der Waals surface area contributed by atoms with E-state index < -0.39 is 0 Å². The first-order valence-electron chi connectivity index (χ1n) is 4.99. The van der Waals surface area contributed by atoms with E-state index in [2.05, 4.69) is 11.9 Å². The van der Waals surface area contributed by atoms with Gasteiger partial charge in [-0.2, -0.15) is 0 Å². The van der Waals surface area contributed by atoms with Gasteiger partial charge in [-0.05, 0) is 18.6 Å². The number of fused-ring (bicyclic) bond motifs is 1. The lowest BCUT2D eigenvalue weighted by molar-refractivity contribution is 0.321. The molecule has 2 aromatic rings. The van der Waals surface area contributed by atoms with Crippen LogP contribution in [0.1, 0.15) is 13.3 Å². The number of pyridine rings is 1. The Morgan fingerprint density at radius 2 is 2.20 bits per heavy atom. The van der Waals surface area contributed by atoms with Crippen LogP contribution in [0.5, 0.6) is 5.75 Å². The molecule has 2 rings (SSSR count). The highest BCUT2D eigenvalue weighted by Gasteiger charge is 2.07. The molecule has 0 aliphatic carbocycles. The van der Waals surface area contributed by atoms with Crippen LogP contribution >= 0.6 is 11.6 Å². The molecule has 0 N–H and O–H groups in total. The van der Waals surface area contributed by atoms with Crippen LogP contribution in [-0.2, 0) is 0 Å². The zero-order valence-electron chi connectivity index (χ0n) is 8.53. The van der Waals surface area contributed by atoms with E-state index in [0.29, 0.717) is 17.4 Å². The van der Waals surface area contributed by atoms with Crippen LogP contribution in [0.3, 0.4) is 0 Å². The van der Waals surface area contributed by atoms with Gasteiger partial charge < -0.3 is 4.74 Å². The Bertz CT molecular complexity index is 470. The van der Waals surface area contributed by atoms with Gasteiger partial charge in [-0.1, -0.05) is 30.7 Å². The van der Waals surface area contributed by atoms with E-state index >= 15 is 0 Å². The number of benzene rings is 1. The first kappa shape index (κ1) is 10.2. The minimum Gasteiger partial charge on any atom is -0.490 e. The average Bonchev–Trinajstić information content (AvgIpc) is 2.28. The third-order valence-corrected chi connectivity index (χ3v) is 2.43. The van der Waals surface area contributed by atoms with Gasteiger partial charge in [0.1, 0.15) is 5.52 Å². The van der Waals surface area contributed by atoms with Gasteiger partial charge in [0.05, 0.1) is 11.6 Å². The summed E-state index contributed by atoms with van der Waals surface area (Å²) in [6.45, 7) is 2.72. The van der Waals surface area contributed by atoms with Crippen LogP contribution in [0, 0.1) is 0 Å². The molecule has 0 aliphatic heterocycles. The van der Waals surface area contributed by atoms with Crippen molar-refractivity contribution in [2.75, 3.05) is 6.61 Å². The minimum absolute atomic E-state index is 0.620. The fraction of sp³-hybridized carbons (Fsp3) is 0.250. The molecule has 0 spiro atoms. The van der Waals surface area contributed by atoms with E-state index in [9.17, 15) is 0 Å². The lowest BCUT2D eigenvalue weighted by Gasteiger charge is -2.09. The van der Waals surface area contributed by atoms with E-state index in [-0.39, 0.29) is 0 Å². The topological polar surface area (TPSA) is 22.1 Å². The summed E-state index contributed by atoms with van der Waals surface area (Å²) in [4.78, 5) is 4.29. The number of ether oxygens (including phenoxy) is 1. The molecule has 15 heavy (non-hydrogen) atoms. The van der Waals surface area contributed by atoms with Gasteiger partial charge in [0.25, 0.3) is 0 Å². The number of nitrogens with zero attached hydrogens (tertiary/aromatic N) is 1. The van der Waals surface area contributed by atoms with Crippen LogP contribution in [0.25, 0.3) is 10.9 Å². The molecule has 0 atom stereocenters. The number of hydrogen-bond donors (Lipinski definition) is 0. The summed E-state index contributed by atoms with van der Waals surface area (Å²) >= 11 is 6.07. The third kappa shape index (κ3) is 2.05. The van der Waals surface area contributed by atoms with Gasteiger partial charge in [-0.3, -0.25) is 4.98 Å². The molecular weight excluding hydrogens is 210 g/mol. The molecule has 0 unspecified atom stereocenters. The van der Waals surface area contributed by atoms with Crippen molar-refractivity contribution in [1.82, 2.24) is 4.98 Å². The summed E-state index contributed by atoms with van der Waals surface area (Å²) in [5.41, 5.74) is 0.832. The third-order valence-electron chi connectivity index (χ3n) is 2.13. The van der Waals surface area contributed by atoms with E-state index in [0.717, 1.165) is 17.3 Å². The van der Waals surface area contributed by atoms with E-state index in [1.807, 2.05) is 24.3 Å². The van der Waals surface area contributed by atoms with E-state index in [1.54, 1.807) is 6.20 Å². The molecule has 1 aromatic carbocycles. The van der Waals surface area contributed by atoms with Crippen molar-refractivity contribution < 1.29 is 4.74 Å². The average molecular weight is 222 g/mol. The highest BCUT2D eigenvalue weighted by molar-refractivity contribution is 6.33. The summed E-state index contributed by atoms with van der Waals surface area (Å²) in [7, 11) is 0. The van der Waals surface area contributed by atoms with Crippen molar-refractivity contribution >= 4 is 22.5 Å². The summed E-state index contributed by atoms with van der Waals surface area (Å²) in [6, 6.07) is 7.69. The Labute approximate surface area is 93.8 Å². The summed E-state index contributed by atoms with van der Waals surface area (Å²) in [5, 5.41) is 1.67. The Balaban J connectivity index is 2.53. The molecule has 1 aromatic heterocycles. The minimum atomic E-state index is 0.620.